The zero-order chi connectivity index (χ0) is 10.1. The molecule has 0 unspecified atom stereocenters. The number of hydrogen-bond donors (Lipinski definition) is 1. The van der Waals surface area contributed by atoms with Gasteiger partial charge in [0.2, 0.25) is 5.28 Å². The number of halogens is 1. The van der Waals surface area contributed by atoms with Crippen LogP contribution in [0.2, 0.25) is 5.28 Å². The maximum absolute atomic E-state index is 11.8. The van der Waals surface area contributed by atoms with Gasteiger partial charge in [-0.25, -0.2) is 4.98 Å². The summed E-state index contributed by atoms with van der Waals surface area (Å²) in [6.45, 7) is 3.91. The van der Waals surface area contributed by atoms with Crippen LogP contribution in [0.4, 0.5) is 0 Å². The fraction of sp³-hybridized carbons (Fsp3) is 0.111. The molecule has 4 nitrogen and oxygen atoms in total. The highest BCUT2D eigenvalue weighted by atomic mass is 35.5. The van der Waals surface area contributed by atoms with Crippen LogP contribution in [0.15, 0.2) is 29.7 Å². The van der Waals surface area contributed by atoms with Gasteiger partial charge in [0.05, 0.1) is 5.52 Å². The topological polar surface area (TPSA) is 50.7 Å². The predicted octanol–water partition coefficient (Wildman–Crippen LogP) is 1.56. The van der Waals surface area contributed by atoms with Gasteiger partial charge in [-0.05, 0) is 17.7 Å². The summed E-state index contributed by atoms with van der Waals surface area (Å²) in [5, 5.41) is 0.182. The zero-order valence-corrected chi connectivity index (χ0v) is 8.08. The van der Waals surface area contributed by atoms with E-state index in [0.717, 1.165) is 0 Å². The molecule has 0 bridgehead atoms. The lowest BCUT2D eigenvalue weighted by molar-refractivity contribution is 0.768. The van der Waals surface area contributed by atoms with E-state index in [9.17, 15) is 4.79 Å². The Morgan fingerprint density at radius 2 is 2.50 bits per heavy atom. The second-order valence-electron chi connectivity index (χ2n) is 2.82. The number of hydrogen-bond acceptors (Lipinski definition) is 2. The third-order valence-corrected chi connectivity index (χ3v) is 2.22. The molecule has 2 aromatic heterocycles. The van der Waals surface area contributed by atoms with E-state index in [2.05, 4.69) is 16.5 Å². The second-order valence-corrected chi connectivity index (χ2v) is 3.16. The van der Waals surface area contributed by atoms with Crippen molar-refractivity contribution in [2.24, 2.45) is 0 Å². The molecule has 2 rings (SSSR count). The van der Waals surface area contributed by atoms with Crippen molar-refractivity contribution in [1.82, 2.24) is 14.5 Å². The largest absolute Gasteiger partial charge is 0.355 e. The van der Waals surface area contributed by atoms with Crippen LogP contribution in [0.3, 0.4) is 0 Å². The Morgan fingerprint density at radius 3 is 3.21 bits per heavy atom. The number of fused-ring (bicyclic) bond motifs is 1. The SMILES string of the molecule is C=CCn1c(Cl)nc2cc[nH]c2c1=O. The molecule has 72 valence electrons. The van der Waals surface area contributed by atoms with Crippen LogP contribution in [0, 0.1) is 0 Å². The van der Waals surface area contributed by atoms with Crippen molar-refractivity contribution in [3.63, 3.8) is 0 Å². The van der Waals surface area contributed by atoms with Gasteiger partial charge in [0.15, 0.2) is 0 Å². The maximum Gasteiger partial charge on any atom is 0.279 e. The number of rotatable bonds is 2. The van der Waals surface area contributed by atoms with E-state index in [4.69, 9.17) is 11.6 Å². The summed E-state index contributed by atoms with van der Waals surface area (Å²) in [4.78, 5) is 18.6. The van der Waals surface area contributed by atoms with Gasteiger partial charge in [0.1, 0.15) is 5.52 Å². The van der Waals surface area contributed by atoms with Gasteiger partial charge >= 0.3 is 0 Å². The predicted molar refractivity (Wildman–Crippen MR) is 55.6 cm³/mol. The number of nitrogens with one attached hydrogen (secondary N) is 1. The van der Waals surface area contributed by atoms with Crippen LogP contribution in [-0.4, -0.2) is 14.5 Å². The highest BCUT2D eigenvalue weighted by molar-refractivity contribution is 6.28. The normalized spacial score (nSPS) is 10.6. The number of aromatic nitrogens is 3. The molecule has 2 heterocycles. The molecule has 0 saturated carbocycles. The smallest absolute Gasteiger partial charge is 0.279 e. The summed E-state index contributed by atoms with van der Waals surface area (Å²) in [5.41, 5.74) is 0.876. The fourth-order valence-corrected chi connectivity index (χ4v) is 1.53. The minimum Gasteiger partial charge on any atom is -0.355 e. The average molecular weight is 210 g/mol. The van der Waals surface area contributed by atoms with Gasteiger partial charge in [-0.2, -0.15) is 0 Å². The number of H-pyrrole nitrogens is 1. The standard InChI is InChI=1S/C9H8ClN3O/c1-2-5-13-8(14)7-6(3-4-11-7)12-9(13)10/h2-4,11H,1,5H2. The number of nitrogens with zero attached hydrogens (tertiary/aromatic N) is 2. The molecular formula is C9H8ClN3O. The van der Waals surface area contributed by atoms with Crippen LogP contribution >= 0.6 is 11.6 Å². The lowest BCUT2D eigenvalue weighted by Gasteiger charge is -2.03. The molecule has 0 spiro atoms. The molecule has 0 fully saturated rings. The average Bonchev–Trinajstić information content (AvgIpc) is 2.60. The number of aromatic amines is 1. The Bertz CT molecular complexity index is 540. The van der Waals surface area contributed by atoms with Crippen LogP contribution in [0.1, 0.15) is 0 Å². The molecule has 1 N–H and O–H groups in total. The molecule has 0 saturated heterocycles. The minimum absolute atomic E-state index is 0.176. The maximum atomic E-state index is 11.8. The Balaban J connectivity index is 2.82. The molecule has 0 aliphatic rings. The van der Waals surface area contributed by atoms with E-state index in [1.54, 1.807) is 18.3 Å². The number of allylic oxidation sites excluding steroid dienone is 1. The first-order valence-electron chi connectivity index (χ1n) is 4.08. The summed E-state index contributed by atoms with van der Waals surface area (Å²) in [7, 11) is 0. The Labute approximate surface area is 84.8 Å². The van der Waals surface area contributed by atoms with E-state index in [0.29, 0.717) is 17.6 Å². The van der Waals surface area contributed by atoms with Crippen molar-refractivity contribution in [2.45, 2.75) is 6.54 Å². The van der Waals surface area contributed by atoms with Crippen molar-refractivity contribution in [2.75, 3.05) is 0 Å². The first-order chi connectivity index (χ1) is 6.74. The summed E-state index contributed by atoms with van der Waals surface area (Å²) in [6.07, 6.45) is 3.26. The molecule has 5 heteroatoms. The Hall–Kier alpha value is -1.55. The van der Waals surface area contributed by atoms with E-state index >= 15 is 0 Å². The van der Waals surface area contributed by atoms with Crippen molar-refractivity contribution in [1.29, 1.82) is 0 Å². The zero-order valence-electron chi connectivity index (χ0n) is 7.33. The highest BCUT2D eigenvalue weighted by Gasteiger charge is 2.08. The van der Waals surface area contributed by atoms with E-state index in [1.807, 2.05) is 0 Å². The van der Waals surface area contributed by atoms with Crippen LogP contribution < -0.4 is 5.56 Å². The van der Waals surface area contributed by atoms with Gasteiger partial charge in [0.25, 0.3) is 5.56 Å². The lowest BCUT2D eigenvalue weighted by atomic mass is 10.4. The van der Waals surface area contributed by atoms with Crippen LogP contribution in [0.25, 0.3) is 11.0 Å². The minimum atomic E-state index is -0.176. The third-order valence-electron chi connectivity index (χ3n) is 1.93. The summed E-state index contributed by atoms with van der Waals surface area (Å²) < 4.78 is 1.35. The summed E-state index contributed by atoms with van der Waals surface area (Å²) in [5.74, 6) is 0. The second kappa shape index (κ2) is 3.31. The van der Waals surface area contributed by atoms with E-state index in [1.165, 1.54) is 4.57 Å². The van der Waals surface area contributed by atoms with E-state index in [-0.39, 0.29) is 10.8 Å². The molecule has 14 heavy (non-hydrogen) atoms. The van der Waals surface area contributed by atoms with Crippen LogP contribution in [0.5, 0.6) is 0 Å². The fourth-order valence-electron chi connectivity index (χ4n) is 1.29. The van der Waals surface area contributed by atoms with Crippen molar-refractivity contribution < 1.29 is 0 Å². The van der Waals surface area contributed by atoms with Gasteiger partial charge in [0, 0.05) is 12.7 Å². The van der Waals surface area contributed by atoms with Crippen molar-refractivity contribution >= 4 is 22.6 Å². The molecule has 0 aromatic carbocycles. The van der Waals surface area contributed by atoms with Crippen molar-refractivity contribution in [3.05, 3.63) is 40.6 Å². The molecule has 2 aromatic rings. The van der Waals surface area contributed by atoms with Gasteiger partial charge in [-0.3, -0.25) is 9.36 Å². The first-order valence-corrected chi connectivity index (χ1v) is 4.46. The third kappa shape index (κ3) is 1.24. The summed E-state index contributed by atoms with van der Waals surface area (Å²) in [6, 6.07) is 1.71. The van der Waals surface area contributed by atoms with Gasteiger partial charge in [-0.15, -0.1) is 6.58 Å². The van der Waals surface area contributed by atoms with Gasteiger partial charge < -0.3 is 4.98 Å². The molecule has 0 amide bonds. The molecular weight excluding hydrogens is 202 g/mol. The molecule has 0 aliphatic carbocycles. The molecule has 0 aliphatic heterocycles. The molecule has 0 radical (unpaired) electrons. The van der Waals surface area contributed by atoms with E-state index < -0.39 is 0 Å². The highest BCUT2D eigenvalue weighted by Crippen LogP contribution is 2.09. The van der Waals surface area contributed by atoms with Gasteiger partial charge in [-0.1, -0.05) is 6.08 Å². The summed E-state index contributed by atoms with van der Waals surface area (Å²) >= 11 is 5.83. The monoisotopic (exact) mass is 209 g/mol. The first kappa shape index (κ1) is 9.02. The Kier molecular flexibility index (Phi) is 2.13. The molecule has 0 atom stereocenters. The van der Waals surface area contributed by atoms with Crippen LogP contribution in [-0.2, 0) is 6.54 Å². The lowest BCUT2D eigenvalue weighted by Crippen LogP contribution is -2.21. The van der Waals surface area contributed by atoms with Crippen molar-refractivity contribution in [3.8, 4) is 0 Å². The quantitative estimate of drug-likeness (QED) is 0.603. The Morgan fingerprint density at radius 1 is 1.71 bits per heavy atom.